The van der Waals surface area contributed by atoms with Crippen LogP contribution in [0.5, 0.6) is 23.0 Å². The highest BCUT2D eigenvalue weighted by atomic mass is 16.6. The van der Waals surface area contributed by atoms with Gasteiger partial charge in [-0.3, -0.25) is 4.79 Å². The standard InChI is InChI=1S/C14H14O5/c1-8(15)19-12-10-7-5-4-6-9(10)11(16)13(17-2)14(12)18-3/h4-7,16H,1-3H3. The Morgan fingerprint density at radius 1 is 1.00 bits per heavy atom. The van der Waals surface area contributed by atoms with Crippen LogP contribution in [0.15, 0.2) is 24.3 Å². The quantitative estimate of drug-likeness (QED) is 0.680. The minimum Gasteiger partial charge on any atom is -0.504 e. The maximum absolute atomic E-state index is 11.2. The molecule has 0 fully saturated rings. The molecule has 0 aliphatic carbocycles. The van der Waals surface area contributed by atoms with Gasteiger partial charge in [-0.25, -0.2) is 0 Å². The monoisotopic (exact) mass is 262 g/mol. The topological polar surface area (TPSA) is 65.0 Å². The van der Waals surface area contributed by atoms with Gasteiger partial charge in [-0.1, -0.05) is 24.3 Å². The number of carbonyl (C=O) groups is 1. The molecule has 5 nitrogen and oxygen atoms in total. The Balaban J connectivity index is 2.87. The molecular formula is C14H14O5. The summed E-state index contributed by atoms with van der Waals surface area (Å²) in [7, 11) is 2.82. The van der Waals surface area contributed by atoms with Crippen LogP contribution < -0.4 is 14.2 Å². The maximum atomic E-state index is 11.2. The zero-order valence-electron chi connectivity index (χ0n) is 10.9. The van der Waals surface area contributed by atoms with Gasteiger partial charge in [0.15, 0.2) is 11.5 Å². The summed E-state index contributed by atoms with van der Waals surface area (Å²) in [4.78, 5) is 11.2. The van der Waals surface area contributed by atoms with E-state index in [0.717, 1.165) is 0 Å². The smallest absolute Gasteiger partial charge is 0.308 e. The van der Waals surface area contributed by atoms with Crippen molar-refractivity contribution >= 4 is 16.7 Å². The molecule has 5 heteroatoms. The third kappa shape index (κ3) is 2.14. The van der Waals surface area contributed by atoms with Crippen LogP contribution in [0.1, 0.15) is 6.92 Å². The lowest BCUT2D eigenvalue weighted by Gasteiger charge is -2.16. The molecule has 0 saturated carbocycles. The number of hydrogen-bond acceptors (Lipinski definition) is 5. The van der Waals surface area contributed by atoms with E-state index in [1.165, 1.54) is 21.1 Å². The summed E-state index contributed by atoms with van der Waals surface area (Å²) in [5.74, 6) is 0.0358. The van der Waals surface area contributed by atoms with Gasteiger partial charge in [0.1, 0.15) is 0 Å². The van der Waals surface area contributed by atoms with Crippen LogP contribution in [0.2, 0.25) is 0 Å². The first-order valence-electron chi connectivity index (χ1n) is 5.64. The average molecular weight is 262 g/mol. The largest absolute Gasteiger partial charge is 0.504 e. The van der Waals surface area contributed by atoms with E-state index < -0.39 is 5.97 Å². The number of aromatic hydroxyl groups is 1. The van der Waals surface area contributed by atoms with Crippen LogP contribution in [0.25, 0.3) is 10.8 Å². The first-order valence-corrected chi connectivity index (χ1v) is 5.64. The Morgan fingerprint density at radius 2 is 1.58 bits per heavy atom. The normalized spacial score (nSPS) is 10.3. The van der Waals surface area contributed by atoms with Gasteiger partial charge < -0.3 is 19.3 Å². The van der Waals surface area contributed by atoms with Gasteiger partial charge in [0.2, 0.25) is 11.5 Å². The summed E-state index contributed by atoms with van der Waals surface area (Å²) in [6, 6.07) is 6.99. The summed E-state index contributed by atoms with van der Waals surface area (Å²) in [6.45, 7) is 1.30. The molecule has 100 valence electrons. The number of hydrogen-bond donors (Lipinski definition) is 1. The fraction of sp³-hybridized carbons (Fsp3) is 0.214. The lowest BCUT2D eigenvalue weighted by atomic mass is 10.1. The van der Waals surface area contributed by atoms with Crippen LogP contribution in [-0.2, 0) is 4.79 Å². The van der Waals surface area contributed by atoms with E-state index >= 15 is 0 Å². The van der Waals surface area contributed by atoms with Crippen molar-refractivity contribution in [3.05, 3.63) is 24.3 Å². The summed E-state index contributed by atoms with van der Waals surface area (Å²) in [5, 5.41) is 11.3. The van der Waals surface area contributed by atoms with E-state index in [2.05, 4.69) is 0 Å². The SMILES string of the molecule is COc1c(OC)c(OC(C)=O)c2ccccc2c1O. The van der Waals surface area contributed by atoms with Crippen LogP contribution in [0.4, 0.5) is 0 Å². The zero-order chi connectivity index (χ0) is 14.0. The highest BCUT2D eigenvalue weighted by Gasteiger charge is 2.22. The fourth-order valence-corrected chi connectivity index (χ4v) is 1.96. The molecule has 0 aliphatic rings. The predicted octanol–water partition coefficient (Wildman–Crippen LogP) is 2.49. The molecule has 0 radical (unpaired) electrons. The van der Waals surface area contributed by atoms with Crippen LogP contribution in [0, 0.1) is 0 Å². The van der Waals surface area contributed by atoms with Gasteiger partial charge in [0.25, 0.3) is 0 Å². The van der Waals surface area contributed by atoms with Crippen molar-refractivity contribution in [3.63, 3.8) is 0 Å². The average Bonchev–Trinajstić information content (AvgIpc) is 2.41. The van der Waals surface area contributed by atoms with Crippen molar-refractivity contribution in [1.29, 1.82) is 0 Å². The minimum atomic E-state index is -0.476. The van der Waals surface area contributed by atoms with E-state index in [1.54, 1.807) is 24.3 Å². The molecule has 0 atom stereocenters. The number of rotatable bonds is 3. The van der Waals surface area contributed by atoms with Gasteiger partial charge in [0.05, 0.1) is 14.2 Å². The van der Waals surface area contributed by atoms with E-state index in [4.69, 9.17) is 14.2 Å². The third-order valence-corrected chi connectivity index (χ3v) is 2.71. The number of fused-ring (bicyclic) bond motifs is 1. The molecule has 1 N–H and O–H groups in total. The molecule has 2 aromatic carbocycles. The molecule has 0 amide bonds. The highest BCUT2D eigenvalue weighted by molar-refractivity contribution is 5.99. The molecule has 0 spiro atoms. The van der Waals surface area contributed by atoms with Crippen LogP contribution in [-0.4, -0.2) is 25.3 Å². The van der Waals surface area contributed by atoms with Crippen LogP contribution in [0.3, 0.4) is 0 Å². The lowest BCUT2D eigenvalue weighted by Crippen LogP contribution is -2.05. The summed E-state index contributed by atoms with van der Waals surface area (Å²) < 4.78 is 15.5. The molecule has 2 rings (SSSR count). The van der Waals surface area contributed by atoms with Gasteiger partial charge in [-0.2, -0.15) is 0 Å². The van der Waals surface area contributed by atoms with Crippen molar-refractivity contribution < 1.29 is 24.1 Å². The molecule has 2 aromatic rings. The molecule has 0 aromatic heterocycles. The van der Waals surface area contributed by atoms with Gasteiger partial charge in [0, 0.05) is 17.7 Å². The number of methoxy groups -OCH3 is 2. The van der Waals surface area contributed by atoms with Gasteiger partial charge in [-0.05, 0) is 0 Å². The number of phenolic OH excluding ortho intramolecular Hbond substituents is 1. The third-order valence-electron chi connectivity index (χ3n) is 2.71. The minimum absolute atomic E-state index is 0.0501. The van der Waals surface area contributed by atoms with E-state index in [0.29, 0.717) is 10.8 Å². The summed E-state index contributed by atoms with van der Waals surface area (Å²) in [6.07, 6.45) is 0. The Kier molecular flexibility index (Phi) is 3.46. The van der Waals surface area contributed by atoms with Gasteiger partial charge >= 0.3 is 5.97 Å². The van der Waals surface area contributed by atoms with Crippen LogP contribution >= 0.6 is 0 Å². The summed E-state index contributed by atoms with van der Waals surface area (Å²) >= 11 is 0. The highest BCUT2D eigenvalue weighted by Crippen LogP contribution is 2.50. The van der Waals surface area contributed by atoms with Crippen molar-refractivity contribution in [2.24, 2.45) is 0 Å². The fourth-order valence-electron chi connectivity index (χ4n) is 1.96. The first kappa shape index (κ1) is 13.0. The van der Waals surface area contributed by atoms with Gasteiger partial charge in [-0.15, -0.1) is 0 Å². The molecule has 0 aliphatic heterocycles. The molecule has 0 saturated heterocycles. The lowest BCUT2D eigenvalue weighted by molar-refractivity contribution is -0.131. The van der Waals surface area contributed by atoms with E-state index in [-0.39, 0.29) is 23.0 Å². The number of phenols is 1. The Bertz CT molecular complexity index is 633. The molecule has 0 heterocycles. The second-order valence-electron chi connectivity index (χ2n) is 3.88. The van der Waals surface area contributed by atoms with Crippen molar-refractivity contribution in [3.8, 4) is 23.0 Å². The zero-order valence-corrected chi connectivity index (χ0v) is 10.9. The summed E-state index contributed by atoms with van der Waals surface area (Å²) in [5.41, 5.74) is 0. The molecule has 0 bridgehead atoms. The molecular weight excluding hydrogens is 248 g/mol. The second kappa shape index (κ2) is 5.06. The maximum Gasteiger partial charge on any atom is 0.308 e. The molecule has 19 heavy (non-hydrogen) atoms. The Labute approximate surface area is 110 Å². The Hall–Kier alpha value is -2.43. The first-order chi connectivity index (χ1) is 9.10. The number of carbonyl (C=O) groups excluding carboxylic acids is 1. The molecule has 0 unspecified atom stereocenters. The number of ether oxygens (including phenoxy) is 3. The van der Waals surface area contributed by atoms with Crippen molar-refractivity contribution in [1.82, 2.24) is 0 Å². The predicted molar refractivity (Wildman–Crippen MR) is 70.0 cm³/mol. The van der Waals surface area contributed by atoms with Crippen molar-refractivity contribution in [2.75, 3.05) is 14.2 Å². The number of benzene rings is 2. The van der Waals surface area contributed by atoms with E-state index in [9.17, 15) is 9.90 Å². The Morgan fingerprint density at radius 3 is 2.11 bits per heavy atom. The van der Waals surface area contributed by atoms with E-state index in [1.807, 2.05) is 0 Å². The number of esters is 1. The second-order valence-corrected chi connectivity index (χ2v) is 3.88. The van der Waals surface area contributed by atoms with Crippen molar-refractivity contribution in [2.45, 2.75) is 6.92 Å².